The summed E-state index contributed by atoms with van der Waals surface area (Å²) in [4.78, 5) is 26.3. The maximum absolute atomic E-state index is 12.1. The lowest BCUT2D eigenvalue weighted by Gasteiger charge is -2.43. The minimum Gasteiger partial charge on any atom is -0.392 e. The molecular formula is C15H15NO3S2. The number of hydrogen-bond donors (Lipinski definition) is 2. The Bertz CT molecular complexity index is 627. The zero-order valence-electron chi connectivity index (χ0n) is 11.4. The second kappa shape index (κ2) is 5.51. The first-order valence-corrected chi connectivity index (χ1v) is 8.01. The van der Waals surface area contributed by atoms with Crippen LogP contribution in [0, 0.1) is 5.92 Å². The standard InChI is InChI=1S/C15H15NO3S2/c1-8(17)11-13(18)16-12(15(19)20)10(21-14(11)16)7-9-5-3-2-4-6-9/h2-6,8,11,14,17H,7H2,1H3,(H,19,20)/t8-,11+,14+/m0/s1. The van der Waals surface area contributed by atoms with Crippen molar-refractivity contribution in [2.75, 3.05) is 0 Å². The van der Waals surface area contributed by atoms with E-state index in [9.17, 15) is 14.7 Å². The fourth-order valence-electron chi connectivity index (χ4n) is 2.76. The summed E-state index contributed by atoms with van der Waals surface area (Å²) in [6.45, 7) is 1.61. The molecule has 6 heteroatoms. The Kier molecular flexibility index (Phi) is 3.86. The van der Waals surface area contributed by atoms with Crippen molar-refractivity contribution in [2.45, 2.75) is 24.8 Å². The van der Waals surface area contributed by atoms with Crippen LogP contribution in [0.1, 0.15) is 12.5 Å². The summed E-state index contributed by atoms with van der Waals surface area (Å²) in [5, 5.41) is 9.13. The predicted molar refractivity (Wildman–Crippen MR) is 84.6 cm³/mol. The van der Waals surface area contributed by atoms with Crippen molar-refractivity contribution in [3.63, 3.8) is 0 Å². The number of fused-ring (bicyclic) bond motifs is 1. The molecule has 2 aliphatic heterocycles. The van der Waals surface area contributed by atoms with Gasteiger partial charge in [-0.3, -0.25) is 14.5 Å². The van der Waals surface area contributed by atoms with Crippen LogP contribution >= 0.6 is 24.4 Å². The number of nitrogens with zero attached hydrogens (tertiary/aromatic N) is 1. The number of benzene rings is 1. The highest BCUT2D eigenvalue weighted by atomic mass is 32.2. The minimum atomic E-state index is -0.710. The lowest BCUT2D eigenvalue weighted by molar-refractivity contribution is -0.153. The highest BCUT2D eigenvalue weighted by Crippen LogP contribution is 2.51. The fraction of sp³-hybridized carbons (Fsp3) is 0.333. The molecule has 1 fully saturated rings. The van der Waals surface area contributed by atoms with Gasteiger partial charge in [0.25, 0.3) is 0 Å². The molecule has 0 bridgehead atoms. The average molecular weight is 321 g/mol. The van der Waals surface area contributed by atoms with E-state index in [2.05, 4.69) is 12.6 Å². The Morgan fingerprint density at radius 1 is 1.43 bits per heavy atom. The van der Waals surface area contributed by atoms with Crippen molar-refractivity contribution in [1.82, 2.24) is 4.90 Å². The largest absolute Gasteiger partial charge is 0.392 e. The molecule has 1 amide bonds. The van der Waals surface area contributed by atoms with E-state index in [1.54, 1.807) is 6.92 Å². The molecule has 3 rings (SSSR count). The first kappa shape index (κ1) is 14.7. The van der Waals surface area contributed by atoms with Gasteiger partial charge in [0.2, 0.25) is 11.0 Å². The van der Waals surface area contributed by atoms with Gasteiger partial charge in [-0.05, 0) is 12.5 Å². The molecule has 3 atom stereocenters. The van der Waals surface area contributed by atoms with E-state index in [0.29, 0.717) is 12.1 Å². The van der Waals surface area contributed by atoms with Crippen LogP contribution in [0.15, 0.2) is 40.9 Å². The number of aliphatic hydroxyl groups is 1. The number of carbonyl (C=O) groups excluding carboxylic acids is 2. The molecule has 0 aliphatic carbocycles. The number of amides is 1. The van der Waals surface area contributed by atoms with Crippen LogP contribution < -0.4 is 0 Å². The maximum Gasteiger partial charge on any atom is 0.236 e. The molecule has 1 N–H and O–H groups in total. The summed E-state index contributed by atoms with van der Waals surface area (Å²) in [7, 11) is 0. The Hall–Kier alpha value is -1.24. The van der Waals surface area contributed by atoms with Gasteiger partial charge in [-0.1, -0.05) is 43.0 Å². The Morgan fingerprint density at radius 3 is 2.67 bits per heavy atom. The zero-order chi connectivity index (χ0) is 15.1. The molecule has 1 saturated heterocycles. The fourth-order valence-corrected chi connectivity index (χ4v) is 4.73. The monoisotopic (exact) mass is 321 g/mol. The molecular weight excluding hydrogens is 306 g/mol. The third-order valence-corrected chi connectivity index (χ3v) is 5.36. The number of allylic oxidation sites excluding steroid dienone is 1. The van der Waals surface area contributed by atoms with Crippen molar-refractivity contribution in [1.29, 1.82) is 0 Å². The summed E-state index contributed by atoms with van der Waals surface area (Å²) in [6, 6.07) is 9.78. The van der Waals surface area contributed by atoms with Crippen molar-refractivity contribution in [3.8, 4) is 0 Å². The van der Waals surface area contributed by atoms with Gasteiger partial charge in [0, 0.05) is 11.3 Å². The third-order valence-electron chi connectivity index (χ3n) is 3.78. The lowest BCUT2D eigenvalue weighted by Crippen LogP contribution is -2.60. The van der Waals surface area contributed by atoms with E-state index < -0.39 is 17.1 Å². The van der Waals surface area contributed by atoms with Crippen molar-refractivity contribution in [3.05, 3.63) is 46.5 Å². The summed E-state index contributed by atoms with van der Waals surface area (Å²) < 4.78 is 0. The van der Waals surface area contributed by atoms with E-state index in [1.807, 2.05) is 30.3 Å². The highest BCUT2D eigenvalue weighted by molar-refractivity contribution is 8.04. The van der Waals surface area contributed by atoms with Crippen LogP contribution in [0.3, 0.4) is 0 Å². The van der Waals surface area contributed by atoms with Crippen LogP contribution in [0.25, 0.3) is 0 Å². The normalized spacial score (nSPS) is 25.7. The van der Waals surface area contributed by atoms with Crippen LogP contribution in [-0.2, 0) is 16.0 Å². The van der Waals surface area contributed by atoms with E-state index in [1.165, 1.54) is 16.7 Å². The summed E-state index contributed by atoms with van der Waals surface area (Å²) in [5.74, 6) is -0.631. The zero-order valence-corrected chi connectivity index (χ0v) is 13.1. The molecule has 0 spiro atoms. The van der Waals surface area contributed by atoms with E-state index in [-0.39, 0.29) is 11.3 Å². The number of rotatable bonds is 4. The Labute approximate surface area is 132 Å². The van der Waals surface area contributed by atoms with Gasteiger partial charge in [0.1, 0.15) is 11.1 Å². The number of β-lactam (4-membered cyclic amide) rings is 1. The molecule has 21 heavy (non-hydrogen) atoms. The first-order valence-electron chi connectivity index (χ1n) is 6.69. The van der Waals surface area contributed by atoms with E-state index in [4.69, 9.17) is 0 Å². The Balaban J connectivity index is 1.89. The molecule has 0 aromatic heterocycles. The smallest absolute Gasteiger partial charge is 0.236 e. The summed E-state index contributed by atoms with van der Waals surface area (Å²) in [6.07, 6.45) is -0.112. The van der Waals surface area contributed by atoms with Crippen LogP contribution in [0.5, 0.6) is 0 Å². The first-order chi connectivity index (χ1) is 10.0. The van der Waals surface area contributed by atoms with Gasteiger partial charge >= 0.3 is 0 Å². The number of hydrogen-bond acceptors (Lipinski definition) is 4. The van der Waals surface area contributed by atoms with Gasteiger partial charge in [0.05, 0.1) is 12.0 Å². The average Bonchev–Trinajstić information content (AvgIpc) is 2.74. The van der Waals surface area contributed by atoms with Crippen molar-refractivity contribution in [2.24, 2.45) is 5.92 Å². The topological polar surface area (TPSA) is 57.6 Å². The van der Waals surface area contributed by atoms with Crippen LogP contribution in [0.4, 0.5) is 0 Å². The molecule has 1 aromatic rings. The third kappa shape index (κ3) is 2.41. The number of aliphatic hydroxyl groups excluding tert-OH is 1. The number of thioether (sulfide) groups is 1. The number of thiol groups is 1. The van der Waals surface area contributed by atoms with Crippen molar-refractivity contribution < 1.29 is 14.7 Å². The second-order valence-electron chi connectivity index (χ2n) is 5.22. The van der Waals surface area contributed by atoms with Gasteiger partial charge in [-0.15, -0.1) is 11.8 Å². The molecule has 2 heterocycles. The quantitative estimate of drug-likeness (QED) is 0.656. The maximum atomic E-state index is 12.1. The van der Waals surface area contributed by atoms with Crippen LogP contribution in [-0.4, -0.2) is 32.5 Å². The molecule has 0 unspecified atom stereocenters. The van der Waals surface area contributed by atoms with E-state index in [0.717, 1.165) is 10.5 Å². The number of carbonyl (C=O) groups is 2. The molecule has 0 radical (unpaired) electrons. The highest BCUT2D eigenvalue weighted by Gasteiger charge is 2.56. The van der Waals surface area contributed by atoms with E-state index >= 15 is 0 Å². The molecule has 2 aliphatic rings. The van der Waals surface area contributed by atoms with Crippen LogP contribution in [0.2, 0.25) is 0 Å². The Morgan fingerprint density at radius 2 is 2.10 bits per heavy atom. The van der Waals surface area contributed by atoms with Gasteiger partial charge < -0.3 is 5.11 Å². The lowest BCUT2D eigenvalue weighted by atomic mass is 9.92. The molecule has 4 nitrogen and oxygen atoms in total. The second-order valence-corrected chi connectivity index (χ2v) is 6.84. The van der Waals surface area contributed by atoms with Gasteiger partial charge in [-0.25, -0.2) is 0 Å². The minimum absolute atomic E-state index is 0.178. The van der Waals surface area contributed by atoms with Crippen molar-refractivity contribution >= 4 is 35.4 Å². The molecule has 0 saturated carbocycles. The van der Waals surface area contributed by atoms with Gasteiger partial charge in [0.15, 0.2) is 0 Å². The van der Waals surface area contributed by atoms with Gasteiger partial charge in [-0.2, -0.15) is 0 Å². The summed E-state index contributed by atoms with van der Waals surface area (Å²) >= 11 is 5.40. The molecule has 1 aromatic carbocycles. The summed E-state index contributed by atoms with van der Waals surface area (Å²) in [5.41, 5.74) is 1.45. The SMILES string of the molecule is C[C@H](O)[C@@H]1C(=O)N2C(C(=O)S)=C(Cc3ccccc3)S[C@H]12. The predicted octanol–water partition coefficient (Wildman–Crippen LogP) is 1.81. The molecule has 110 valence electrons.